The third-order valence-electron chi connectivity index (χ3n) is 6.38. The van der Waals surface area contributed by atoms with E-state index in [1.54, 1.807) is 26.3 Å². The Kier molecular flexibility index (Phi) is 8.42. The number of pyridine rings is 1. The van der Waals surface area contributed by atoms with E-state index in [1.165, 1.54) is 0 Å². The minimum absolute atomic E-state index is 0.0950. The lowest BCUT2D eigenvalue weighted by molar-refractivity contribution is 0.0945. The highest BCUT2D eigenvalue weighted by Gasteiger charge is 2.57. The Morgan fingerprint density at radius 1 is 1.16 bits per heavy atom. The lowest BCUT2D eigenvalue weighted by Crippen LogP contribution is -2.30. The predicted molar refractivity (Wildman–Crippen MR) is 128 cm³/mol. The summed E-state index contributed by atoms with van der Waals surface area (Å²) in [5.74, 6) is 0.618. The zero-order chi connectivity index (χ0) is 24.1. The maximum atomic E-state index is 13.0. The van der Waals surface area contributed by atoms with Crippen molar-refractivity contribution in [3.8, 4) is 5.75 Å². The van der Waals surface area contributed by atoms with Gasteiger partial charge in [-0.05, 0) is 41.2 Å². The Hall–Kier alpha value is -2.89. The standard InChI is InChI=1S/C24H31N3O3.C2H6/c1-7-18-21(24(18,3)4)27-22(28)16-12-19(26-20(13-16)23(29)25-5)14(2)15-9-8-10-17(11-15)30-6;1-2/h8-14,18,21H,7H2,1-6H3,(H,25,29)(H,27,28);1-2H3. The minimum atomic E-state index is -0.318. The smallest absolute Gasteiger partial charge is 0.269 e. The lowest BCUT2D eigenvalue weighted by Gasteiger charge is -2.16. The van der Waals surface area contributed by atoms with Gasteiger partial charge in [0.05, 0.1) is 7.11 Å². The van der Waals surface area contributed by atoms with Crippen LogP contribution in [0.25, 0.3) is 0 Å². The van der Waals surface area contributed by atoms with E-state index in [4.69, 9.17) is 4.74 Å². The number of hydrogen-bond donors (Lipinski definition) is 2. The highest BCUT2D eigenvalue weighted by molar-refractivity contribution is 5.99. The van der Waals surface area contributed by atoms with Crippen molar-refractivity contribution in [2.45, 2.75) is 59.9 Å². The van der Waals surface area contributed by atoms with Crippen LogP contribution in [0.1, 0.15) is 86.0 Å². The average molecular weight is 440 g/mol. The number of nitrogens with zero attached hydrogens (tertiary/aromatic N) is 1. The van der Waals surface area contributed by atoms with Gasteiger partial charge in [0.2, 0.25) is 0 Å². The van der Waals surface area contributed by atoms with Crippen LogP contribution in [0.5, 0.6) is 5.75 Å². The van der Waals surface area contributed by atoms with E-state index in [9.17, 15) is 9.59 Å². The Balaban J connectivity index is 0.00000176. The van der Waals surface area contributed by atoms with Gasteiger partial charge in [-0.3, -0.25) is 9.59 Å². The number of methoxy groups -OCH3 is 1. The summed E-state index contributed by atoms with van der Waals surface area (Å²) in [5.41, 5.74) is 2.44. The number of aromatic nitrogens is 1. The predicted octanol–water partition coefficient (Wildman–Crippen LogP) is 4.79. The molecule has 2 N–H and O–H groups in total. The van der Waals surface area contributed by atoms with Crippen LogP contribution in [0.3, 0.4) is 0 Å². The molecule has 3 atom stereocenters. The maximum absolute atomic E-state index is 13.0. The van der Waals surface area contributed by atoms with E-state index in [2.05, 4.69) is 36.4 Å². The molecule has 1 aromatic heterocycles. The summed E-state index contributed by atoms with van der Waals surface area (Å²) in [7, 11) is 3.18. The molecule has 1 aromatic carbocycles. The van der Waals surface area contributed by atoms with E-state index in [0.717, 1.165) is 17.7 Å². The number of amides is 2. The molecule has 6 heteroatoms. The first-order valence-electron chi connectivity index (χ1n) is 11.4. The van der Waals surface area contributed by atoms with Crippen LogP contribution in [0.2, 0.25) is 0 Å². The quantitative estimate of drug-likeness (QED) is 0.650. The Morgan fingerprint density at radius 2 is 1.84 bits per heavy atom. The second kappa shape index (κ2) is 10.6. The van der Waals surface area contributed by atoms with Crippen molar-refractivity contribution in [3.63, 3.8) is 0 Å². The maximum Gasteiger partial charge on any atom is 0.269 e. The largest absolute Gasteiger partial charge is 0.497 e. The van der Waals surface area contributed by atoms with Gasteiger partial charge in [-0.1, -0.05) is 60.1 Å². The second-order valence-corrected chi connectivity index (χ2v) is 8.53. The Labute approximate surface area is 192 Å². The van der Waals surface area contributed by atoms with Crippen LogP contribution in [-0.2, 0) is 0 Å². The van der Waals surface area contributed by atoms with E-state index in [-0.39, 0.29) is 34.9 Å². The van der Waals surface area contributed by atoms with Crippen LogP contribution in [0, 0.1) is 11.3 Å². The molecule has 1 saturated carbocycles. The second-order valence-electron chi connectivity index (χ2n) is 8.53. The zero-order valence-corrected chi connectivity index (χ0v) is 20.6. The molecular formula is C26H37N3O3. The van der Waals surface area contributed by atoms with E-state index >= 15 is 0 Å². The van der Waals surface area contributed by atoms with Gasteiger partial charge in [0, 0.05) is 30.3 Å². The van der Waals surface area contributed by atoms with Crippen LogP contribution < -0.4 is 15.4 Å². The number of nitrogens with one attached hydrogen (secondary N) is 2. The molecule has 0 spiro atoms. The molecule has 1 aliphatic carbocycles. The first-order valence-corrected chi connectivity index (χ1v) is 11.4. The molecule has 1 fully saturated rings. The number of ether oxygens (including phenoxy) is 1. The first-order chi connectivity index (χ1) is 15.2. The molecule has 1 aliphatic rings. The summed E-state index contributed by atoms with van der Waals surface area (Å²) in [5, 5.41) is 5.75. The molecule has 0 saturated heterocycles. The lowest BCUT2D eigenvalue weighted by atomic mass is 9.95. The van der Waals surface area contributed by atoms with Gasteiger partial charge in [-0.2, -0.15) is 0 Å². The van der Waals surface area contributed by atoms with Crippen LogP contribution in [0.4, 0.5) is 0 Å². The Morgan fingerprint density at radius 3 is 2.41 bits per heavy atom. The summed E-state index contributed by atoms with van der Waals surface area (Å²) in [6.45, 7) is 12.5. The van der Waals surface area contributed by atoms with Crippen LogP contribution >= 0.6 is 0 Å². The van der Waals surface area contributed by atoms with Gasteiger partial charge in [0.25, 0.3) is 11.8 Å². The fourth-order valence-corrected chi connectivity index (χ4v) is 4.25. The van der Waals surface area contributed by atoms with Gasteiger partial charge in [0.15, 0.2) is 0 Å². The van der Waals surface area contributed by atoms with Crippen molar-refractivity contribution in [1.29, 1.82) is 0 Å². The SMILES string of the molecule is CC.CCC1C(NC(=O)c2cc(C(=O)NC)nc(C(C)c3cccc(OC)c3)c2)C1(C)C. The van der Waals surface area contributed by atoms with Gasteiger partial charge in [0.1, 0.15) is 11.4 Å². The van der Waals surface area contributed by atoms with E-state index < -0.39 is 0 Å². The topological polar surface area (TPSA) is 80.3 Å². The molecule has 2 amide bonds. The molecule has 3 rings (SSSR count). The summed E-state index contributed by atoms with van der Waals surface area (Å²) < 4.78 is 5.32. The molecular weight excluding hydrogens is 402 g/mol. The molecule has 174 valence electrons. The summed E-state index contributed by atoms with van der Waals surface area (Å²) in [6, 6.07) is 11.2. The summed E-state index contributed by atoms with van der Waals surface area (Å²) in [6.07, 6.45) is 1.02. The summed E-state index contributed by atoms with van der Waals surface area (Å²) >= 11 is 0. The molecule has 0 bridgehead atoms. The number of benzene rings is 1. The van der Waals surface area contributed by atoms with Gasteiger partial charge >= 0.3 is 0 Å². The number of carbonyl (C=O) groups excluding carboxylic acids is 2. The van der Waals surface area contributed by atoms with Crippen molar-refractivity contribution in [2.24, 2.45) is 11.3 Å². The molecule has 0 aliphatic heterocycles. The third kappa shape index (κ3) is 5.29. The third-order valence-corrected chi connectivity index (χ3v) is 6.38. The van der Waals surface area contributed by atoms with Gasteiger partial charge in [-0.25, -0.2) is 4.98 Å². The number of carbonyl (C=O) groups is 2. The molecule has 2 aromatic rings. The van der Waals surface area contributed by atoms with Crippen molar-refractivity contribution < 1.29 is 14.3 Å². The van der Waals surface area contributed by atoms with Crippen molar-refractivity contribution in [2.75, 3.05) is 14.2 Å². The van der Waals surface area contributed by atoms with E-state index in [1.807, 2.05) is 45.0 Å². The van der Waals surface area contributed by atoms with Crippen LogP contribution in [-0.4, -0.2) is 37.0 Å². The average Bonchev–Trinajstić information content (AvgIpc) is 3.36. The van der Waals surface area contributed by atoms with Gasteiger partial charge in [-0.15, -0.1) is 0 Å². The minimum Gasteiger partial charge on any atom is -0.497 e. The molecule has 0 radical (unpaired) electrons. The van der Waals surface area contributed by atoms with E-state index in [0.29, 0.717) is 17.2 Å². The van der Waals surface area contributed by atoms with Gasteiger partial charge < -0.3 is 15.4 Å². The Bertz CT molecular complexity index is 955. The molecule has 3 unspecified atom stereocenters. The fourth-order valence-electron chi connectivity index (χ4n) is 4.25. The molecule has 1 heterocycles. The van der Waals surface area contributed by atoms with Crippen LogP contribution in [0.15, 0.2) is 36.4 Å². The fraction of sp³-hybridized carbons (Fsp3) is 0.500. The number of hydrogen-bond acceptors (Lipinski definition) is 4. The zero-order valence-electron chi connectivity index (χ0n) is 20.6. The monoisotopic (exact) mass is 439 g/mol. The molecule has 6 nitrogen and oxygen atoms in total. The number of rotatable bonds is 7. The highest BCUT2D eigenvalue weighted by atomic mass is 16.5. The van der Waals surface area contributed by atoms with Crippen molar-refractivity contribution in [1.82, 2.24) is 15.6 Å². The molecule has 32 heavy (non-hydrogen) atoms. The summed E-state index contributed by atoms with van der Waals surface area (Å²) in [4.78, 5) is 29.9. The van der Waals surface area contributed by atoms with Crippen molar-refractivity contribution in [3.05, 3.63) is 58.9 Å². The van der Waals surface area contributed by atoms with Crippen molar-refractivity contribution >= 4 is 11.8 Å². The normalized spacial score (nSPS) is 19.1. The highest BCUT2D eigenvalue weighted by Crippen LogP contribution is 2.53. The first kappa shape index (κ1) is 25.4.